The molecule has 4 rings (SSSR count). The number of carbonyl (C=O) groups is 3. The Balaban J connectivity index is 1.33. The van der Waals surface area contributed by atoms with Gasteiger partial charge in [-0.3, -0.25) is 9.59 Å². The van der Waals surface area contributed by atoms with E-state index in [1.807, 2.05) is 0 Å². The second kappa shape index (κ2) is 11.8. The van der Waals surface area contributed by atoms with E-state index in [1.54, 1.807) is 30.3 Å². The molecule has 0 bridgehead atoms. The molecule has 0 aliphatic carbocycles. The topological polar surface area (TPSA) is 84.9 Å². The summed E-state index contributed by atoms with van der Waals surface area (Å²) in [7, 11) is 0. The van der Waals surface area contributed by atoms with Crippen LogP contribution in [-0.4, -0.2) is 54.2 Å². The van der Waals surface area contributed by atoms with Crippen LogP contribution in [0.1, 0.15) is 22.3 Å². The Morgan fingerprint density at radius 3 is 2.21 bits per heavy atom. The lowest BCUT2D eigenvalue weighted by molar-refractivity contribution is -0.154. The fraction of sp³-hybridized carbons (Fsp3) is 0.250. The molecule has 3 aromatic carbocycles. The Labute approximate surface area is 217 Å². The van der Waals surface area contributed by atoms with Crippen molar-refractivity contribution in [1.29, 1.82) is 0 Å². The van der Waals surface area contributed by atoms with Crippen LogP contribution in [0.25, 0.3) is 0 Å². The Morgan fingerprint density at radius 2 is 1.58 bits per heavy atom. The number of benzene rings is 3. The first-order valence-electron chi connectivity index (χ1n) is 11.8. The average Bonchev–Trinajstić information content (AvgIpc) is 3.31. The highest BCUT2D eigenvalue weighted by molar-refractivity contribution is 5.97. The highest BCUT2D eigenvalue weighted by Gasteiger charge is 2.50. The lowest BCUT2D eigenvalue weighted by Gasteiger charge is -2.23. The van der Waals surface area contributed by atoms with E-state index in [0.29, 0.717) is 17.1 Å². The number of ether oxygens (including phenoxy) is 2. The molecule has 3 aromatic rings. The molecule has 0 aromatic heterocycles. The van der Waals surface area contributed by atoms with Crippen LogP contribution in [-0.2, 0) is 20.9 Å². The molecule has 1 saturated heterocycles. The fourth-order valence-corrected chi connectivity index (χ4v) is 4.00. The molecule has 1 aliphatic heterocycles. The average molecular weight is 527 g/mol. The summed E-state index contributed by atoms with van der Waals surface area (Å²) in [6.07, 6.45) is -0.535. The van der Waals surface area contributed by atoms with Crippen molar-refractivity contribution >= 4 is 17.8 Å². The molecule has 0 saturated carbocycles. The molecular weight excluding hydrogens is 501 g/mol. The molecule has 38 heavy (non-hydrogen) atoms. The monoisotopic (exact) mass is 526 g/mol. The van der Waals surface area contributed by atoms with Gasteiger partial charge >= 0.3 is 5.97 Å². The van der Waals surface area contributed by atoms with Gasteiger partial charge < -0.3 is 19.7 Å². The summed E-state index contributed by atoms with van der Waals surface area (Å²) in [5.41, 5.74) is -1.46. The van der Waals surface area contributed by atoms with E-state index in [1.165, 1.54) is 48.5 Å². The third-order valence-electron chi connectivity index (χ3n) is 6.01. The molecule has 1 N–H and O–H groups in total. The predicted molar refractivity (Wildman–Crippen MR) is 131 cm³/mol. The van der Waals surface area contributed by atoms with E-state index in [0.717, 1.165) is 4.90 Å². The number of rotatable bonds is 9. The number of hydrogen-bond acceptors (Lipinski definition) is 5. The standard InChI is InChI=1S/C28H25F3N2O5/c29-17-28(31)14-24(27(36)37-16-19-4-2-1-3-5-19)33(18-28)25(34)15-32-26(35)20-6-10-22(11-7-20)38-23-12-8-21(30)9-13-23/h1-13,24H,14-18H2,(H,32,35)/t24-,28-/m0/s1. The molecule has 198 valence electrons. The predicted octanol–water partition coefficient (Wildman–Crippen LogP) is 4.37. The van der Waals surface area contributed by atoms with Crippen LogP contribution >= 0.6 is 0 Å². The molecule has 2 amide bonds. The van der Waals surface area contributed by atoms with Gasteiger partial charge in [-0.05, 0) is 54.1 Å². The molecule has 1 aliphatic rings. The number of amides is 2. The van der Waals surface area contributed by atoms with Gasteiger partial charge in [-0.15, -0.1) is 0 Å². The Hall–Kier alpha value is -4.34. The van der Waals surface area contributed by atoms with Crippen LogP contribution in [0.5, 0.6) is 11.5 Å². The summed E-state index contributed by atoms with van der Waals surface area (Å²) in [5.74, 6) is -1.77. The number of alkyl halides is 2. The largest absolute Gasteiger partial charge is 0.459 e. The molecular formula is C28H25F3N2O5. The minimum absolute atomic E-state index is 0.0787. The fourth-order valence-electron chi connectivity index (χ4n) is 4.00. The van der Waals surface area contributed by atoms with Gasteiger partial charge in [0.1, 0.15) is 36.6 Å². The van der Waals surface area contributed by atoms with Crippen molar-refractivity contribution < 1.29 is 37.0 Å². The van der Waals surface area contributed by atoms with E-state index in [4.69, 9.17) is 9.47 Å². The summed E-state index contributed by atoms with van der Waals surface area (Å²) in [4.78, 5) is 38.9. The molecule has 10 heteroatoms. The SMILES string of the molecule is O=C(NCC(=O)N1C[C@@](F)(CF)C[C@H]1C(=O)OCc1ccccc1)c1ccc(Oc2ccc(F)cc2)cc1. The third kappa shape index (κ3) is 6.70. The van der Waals surface area contributed by atoms with Crippen LogP contribution < -0.4 is 10.1 Å². The number of halogens is 3. The van der Waals surface area contributed by atoms with Crippen molar-refractivity contribution in [1.82, 2.24) is 10.2 Å². The molecule has 2 atom stereocenters. The summed E-state index contributed by atoms with van der Waals surface area (Å²) < 4.78 is 52.0. The second-order valence-electron chi connectivity index (χ2n) is 8.88. The zero-order chi connectivity index (χ0) is 27.1. The van der Waals surface area contributed by atoms with Gasteiger partial charge in [0.05, 0.1) is 13.1 Å². The van der Waals surface area contributed by atoms with Crippen molar-refractivity contribution in [2.45, 2.75) is 24.7 Å². The maximum Gasteiger partial charge on any atom is 0.329 e. The summed E-state index contributed by atoms with van der Waals surface area (Å²) in [6, 6.07) is 18.9. The first kappa shape index (κ1) is 26.7. The smallest absolute Gasteiger partial charge is 0.329 e. The molecule has 1 fully saturated rings. The van der Waals surface area contributed by atoms with Crippen LogP contribution in [0.15, 0.2) is 78.9 Å². The van der Waals surface area contributed by atoms with Crippen LogP contribution in [0, 0.1) is 5.82 Å². The minimum Gasteiger partial charge on any atom is -0.459 e. The van der Waals surface area contributed by atoms with Gasteiger partial charge in [-0.25, -0.2) is 18.0 Å². The van der Waals surface area contributed by atoms with Crippen molar-refractivity contribution in [2.24, 2.45) is 0 Å². The second-order valence-corrected chi connectivity index (χ2v) is 8.88. The first-order chi connectivity index (χ1) is 18.3. The lowest BCUT2D eigenvalue weighted by Crippen LogP contribution is -2.46. The van der Waals surface area contributed by atoms with Crippen molar-refractivity contribution in [3.8, 4) is 11.5 Å². The number of carbonyl (C=O) groups excluding carboxylic acids is 3. The Morgan fingerprint density at radius 1 is 0.947 bits per heavy atom. The number of likely N-dealkylation sites (tertiary alicyclic amines) is 1. The summed E-state index contributed by atoms with van der Waals surface area (Å²) in [5, 5.41) is 2.43. The number of nitrogens with one attached hydrogen (secondary N) is 1. The highest BCUT2D eigenvalue weighted by Crippen LogP contribution is 2.32. The molecule has 0 radical (unpaired) electrons. The van der Waals surface area contributed by atoms with Crippen molar-refractivity contribution in [3.63, 3.8) is 0 Å². The van der Waals surface area contributed by atoms with E-state index in [9.17, 15) is 27.6 Å². The Bertz CT molecular complexity index is 1270. The first-order valence-corrected chi connectivity index (χ1v) is 11.8. The van der Waals surface area contributed by atoms with Gasteiger partial charge in [0.25, 0.3) is 5.91 Å². The quantitative estimate of drug-likeness (QED) is 0.419. The maximum atomic E-state index is 14.8. The van der Waals surface area contributed by atoms with Crippen LogP contribution in [0.3, 0.4) is 0 Å². The summed E-state index contributed by atoms with van der Waals surface area (Å²) in [6.45, 7) is -2.60. The van der Waals surface area contributed by atoms with E-state index < -0.39 is 61.5 Å². The van der Waals surface area contributed by atoms with Gasteiger partial charge in [0.15, 0.2) is 5.67 Å². The van der Waals surface area contributed by atoms with E-state index in [2.05, 4.69) is 5.32 Å². The zero-order valence-corrected chi connectivity index (χ0v) is 20.2. The number of hydrogen-bond donors (Lipinski definition) is 1. The lowest BCUT2D eigenvalue weighted by atomic mass is 10.0. The molecule has 0 unspecified atom stereocenters. The van der Waals surface area contributed by atoms with Crippen molar-refractivity contribution in [3.05, 3.63) is 95.8 Å². The highest BCUT2D eigenvalue weighted by atomic mass is 19.2. The van der Waals surface area contributed by atoms with Crippen molar-refractivity contribution in [2.75, 3.05) is 19.8 Å². The van der Waals surface area contributed by atoms with Gasteiger partial charge in [0, 0.05) is 12.0 Å². The van der Waals surface area contributed by atoms with Gasteiger partial charge in [-0.2, -0.15) is 0 Å². The Kier molecular flexibility index (Phi) is 8.30. The zero-order valence-electron chi connectivity index (χ0n) is 20.2. The van der Waals surface area contributed by atoms with Crippen LogP contribution in [0.4, 0.5) is 13.2 Å². The van der Waals surface area contributed by atoms with E-state index >= 15 is 0 Å². The number of nitrogens with zero attached hydrogens (tertiary/aromatic N) is 1. The molecule has 1 heterocycles. The van der Waals surface area contributed by atoms with Gasteiger partial charge in [0.2, 0.25) is 5.91 Å². The normalized spacial score (nSPS) is 18.6. The van der Waals surface area contributed by atoms with E-state index in [-0.39, 0.29) is 12.2 Å². The van der Waals surface area contributed by atoms with Gasteiger partial charge in [-0.1, -0.05) is 30.3 Å². The number of esters is 1. The third-order valence-corrected chi connectivity index (χ3v) is 6.01. The summed E-state index contributed by atoms with van der Waals surface area (Å²) >= 11 is 0. The molecule has 7 nitrogen and oxygen atoms in total. The molecule has 0 spiro atoms. The minimum atomic E-state index is -2.38. The van der Waals surface area contributed by atoms with Crippen LogP contribution in [0.2, 0.25) is 0 Å². The maximum absolute atomic E-state index is 14.8.